The van der Waals surface area contributed by atoms with Crippen molar-refractivity contribution in [2.75, 3.05) is 11.5 Å². The first-order valence-electron chi connectivity index (χ1n) is 14.6. The highest BCUT2D eigenvalue weighted by Gasteiger charge is 2.37. The minimum absolute atomic E-state index is 0.107. The van der Waals surface area contributed by atoms with Gasteiger partial charge in [0.1, 0.15) is 11.2 Å². The van der Waals surface area contributed by atoms with E-state index in [1.54, 1.807) is 0 Å². The number of benzene rings is 4. The fraction of sp³-hybridized carbons (Fsp3) is 0.333. The number of rotatable bonds is 17. The van der Waals surface area contributed by atoms with E-state index in [2.05, 4.69) is 149 Å². The second-order valence-corrected chi connectivity index (χ2v) is 17.0. The molecule has 0 radical (unpaired) electrons. The zero-order chi connectivity index (χ0) is 29.7. The van der Waals surface area contributed by atoms with Gasteiger partial charge in [0.15, 0.2) is 0 Å². The van der Waals surface area contributed by atoms with Crippen LogP contribution in [0, 0.1) is 0 Å². The van der Waals surface area contributed by atoms with Crippen LogP contribution < -0.4 is 0 Å². The molecule has 0 aliphatic heterocycles. The Bertz CT molecular complexity index is 1100. The normalized spacial score (nSPS) is 12.2. The minimum Gasteiger partial charge on any atom is -0.363 e. The number of hydrogen-bond acceptors (Lipinski definition) is 6. The zero-order valence-electron chi connectivity index (χ0n) is 25.0. The third kappa shape index (κ3) is 8.87. The smallest absolute Gasteiger partial charge is 0.119 e. The van der Waals surface area contributed by atoms with Crippen LogP contribution in [0.1, 0.15) is 62.8 Å². The quantitative estimate of drug-likeness (QED) is 0.0843. The Kier molecular flexibility index (Phi) is 13.3. The Balaban J connectivity index is 1.37. The second-order valence-electron chi connectivity index (χ2n) is 10.7. The summed E-state index contributed by atoms with van der Waals surface area (Å²) in [5.41, 5.74) is 3.89. The molecule has 0 saturated heterocycles. The molecule has 0 heterocycles. The molecule has 0 aliphatic rings. The van der Waals surface area contributed by atoms with Crippen molar-refractivity contribution in [1.82, 2.24) is 0 Å². The molecule has 0 spiro atoms. The molecule has 2 nitrogen and oxygen atoms in total. The molecule has 42 heavy (non-hydrogen) atoms. The molecular formula is C36H42O2S4. The van der Waals surface area contributed by atoms with E-state index in [0.717, 1.165) is 24.3 Å². The summed E-state index contributed by atoms with van der Waals surface area (Å²) in [6.45, 7) is 8.51. The lowest BCUT2D eigenvalue weighted by Crippen LogP contribution is -2.34. The van der Waals surface area contributed by atoms with Crippen molar-refractivity contribution in [2.45, 2.75) is 63.9 Å². The molecule has 222 valence electrons. The van der Waals surface area contributed by atoms with Gasteiger partial charge in [0, 0.05) is 11.5 Å². The zero-order valence-corrected chi connectivity index (χ0v) is 28.2. The molecule has 4 rings (SSSR count). The number of ether oxygens (including phenoxy) is 2. The van der Waals surface area contributed by atoms with E-state index in [1.807, 2.05) is 41.2 Å². The average molecular weight is 635 g/mol. The lowest BCUT2D eigenvalue weighted by molar-refractivity contribution is -0.0589. The van der Waals surface area contributed by atoms with Gasteiger partial charge in [-0.2, -0.15) is 0 Å². The van der Waals surface area contributed by atoms with Crippen molar-refractivity contribution in [3.8, 4) is 0 Å². The largest absolute Gasteiger partial charge is 0.363 e. The lowest BCUT2D eigenvalue weighted by atomic mass is 9.83. The van der Waals surface area contributed by atoms with Gasteiger partial charge in [0.05, 0.1) is 12.2 Å². The Labute approximate surface area is 268 Å². The first kappa shape index (κ1) is 33.1. The highest BCUT2D eigenvalue weighted by atomic mass is 33.7. The van der Waals surface area contributed by atoms with Gasteiger partial charge in [-0.25, -0.2) is 0 Å². The Hall–Kier alpha value is -1.80. The summed E-state index contributed by atoms with van der Waals surface area (Å²) in [7, 11) is 7.53. The predicted molar refractivity (Wildman–Crippen MR) is 189 cm³/mol. The molecule has 0 bridgehead atoms. The van der Waals surface area contributed by atoms with Crippen LogP contribution in [-0.4, -0.2) is 23.7 Å². The van der Waals surface area contributed by atoms with E-state index in [1.165, 1.54) is 22.3 Å². The summed E-state index contributed by atoms with van der Waals surface area (Å²) in [5.74, 6) is 1.95. The van der Waals surface area contributed by atoms with Gasteiger partial charge < -0.3 is 9.47 Å². The van der Waals surface area contributed by atoms with Gasteiger partial charge in [-0.3, -0.25) is 0 Å². The third-order valence-corrected chi connectivity index (χ3v) is 13.5. The monoisotopic (exact) mass is 634 g/mol. The van der Waals surface area contributed by atoms with Crippen LogP contribution in [0.3, 0.4) is 0 Å². The summed E-state index contributed by atoms with van der Waals surface area (Å²) in [6, 6.07) is 42.8. The van der Waals surface area contributed by atoms with Crippen molar-refractivity contribution in [3.63, 3.8) is 0 Å². The van der Waals surface area contributed by atoms with Crippen molar-refractivity contribution >= 4 is 41.2 Å². The maximum atomic E-state index is 6.76. The molecule has 0 unspecified atom stereocenters. The molecule has 0 fully saturated rings. The van der Waals surface area contributed by atoms with E-state index in [4.69, 9.17) is 9.47 Å². The molecule has 4 aromatic carbocycles. The van der Waals surface area contributed by atoms with Gasteiger partial charge in [0.25, 0.3) is 0 Å². The van der Waals surface area contributed by atoms with Crippen molar-refractivity contribution < 1.29 is 9.47 Å². The van der Waals surface area contributed by atoms with Gasteiger partial charge in [0.2, 0.25) is 0 Å². The summed E-state index contributed by atoms with van der Waals surface area (Å²) in [5, 5.41) is 0. The van der Waals surface area contributed by atoms with Crippen LogP contribution in [0.25, 0.3) is 0 Å². The second kappa shape index (κ2) is 16.9. The van der Waals surface area contributed by atoms with E-state index < -0.39 is 11.2 Å². The fourth-order valence-corrected chi connectivity index (χ4v) is 11.6. The van der Waals surface area contributed by atoms with E-state index in [9.17, 15) is 0 Å². The molecule has 0 amide bonds. The van der Waals surface area contributed by atoms with Crippen LogP contribution in [0.2, 0.25) is 0 Å². The maximum absolute atomic E-state index is 6.76. The highest BCUT2D eigenvalue weighted by Crippen LogP contribution is 2.48. The van der Waals surface area contributed by atoms with Crippen LogP contribution in [0.15, 0.2) is 121 Å². The van der Waals surface area contributed by atoms with E-state index >= 15 is 0 Å². The molecule has 0 atom stereocenters. The van der Waals surface area contributed by atoms with Crippen LogP contribution in [0.5, 0.6) is 0 Å². The lowest BCUT2D eigenvalue weighted by Gasteiger charge is -2.37. The first-order chi connectivity index (χ1) is 20.5. The average Bonchev–Trinajstić information content (AvgIpc) is 3.02. The summed E-state index contributed by atoms with van der Waals surface area (Å²) >= 11 is 0. The molecule has 0 saturated carbocycles. The highest BCUT2D eigenvalue weighted by molar-refractivity contribution is 9.26. The van der Waals surface area contributed by atoms with Crippen LogP contribution >= 0.6 is 41.2 Å². The molecule has 0 N–H and O–H groups in total. The van der Waals surface area contributed by atoms with E-state index in [-0.39, 0.29) is 12.2 Å². The predicted octanol–water partition coefficient (Wildman–Crippen LogP) is 11.2. The molecule has 0 aliphatic carbocycles. The van der Waals surface area contributed by atoms with Crippen LogP contribution in [-0.2, 0) is 20.7 Å². The van der Waals surface area contributed by atoms with Crippen molar-refractivity contribution in [3.05, 3.63) is 144 Å². The van der Waals surface area contributed by atoms with Gasteiger partial charge >= 0.3 is 0 Å². The summed E-state index contributed by atoms with van der Waals surface area (Å²) < 4.78 is 13.5. The first-order valence-corrected chi connectivity index (χ1v) is 19.8. The fourth-order valence-electron chi connectivity index (χ4n) is 5.41. The minimum atomic E-state index is -0.471. The summed E-state index contributed by atoms with van der Waals surface area (Å²) in [6.07, 6.45) is 2.01. The van der Waals surface area contributed by atoms with E-state index in [0.29, 0.717) is 0 Å². The topological polar surface area (TPSA) is 18.5 Å². The van der Waals surface area contributed by atoms with Crippen molar-refractivity contribution in [2.24, 2.45) is 0 Å². The van der Waals surface area contributed by atoms with Crippen LogP contribution in [0.4, 0.5) is 0 Å². The van der Waals surface area contributed by atoms with Gasteiger partial charge in [-0.15, -0.1) is 0 Å². The molecule has 4 aromatic rings. The Morgan fingerprint density at radius 2 is 0.714 bits per heavy atom. The molecule has 0 aromatic heterocycles. The standard InChI is InChI=1S/C36H42O2S4/c1-29(2)37-35(31-17-9-5-10-18-31,32-19-11-6-12-20-32)25-27-39-41-42-40-28-26-36(38-30(3)4,33-21-13-7-14-22-33)34-23-15-8-16-24-34/h5-24,29-30H,25-28H2,1-4H3. The summed E-state index contributed by atoms with van der Waals surface area (Å²) in [4.78, 5) is 0. The Morgan fingerprint density at radius 1 is 0.452 bits per heavy atom. The third-order valence-electron chi connectivity index (χ3n) is 7.03. The van der Waals surface area contributed by atoms with Gasteiger partial charge in [-0.05, 0) is 82.4 Å². The SMILES string of the molecule is CC(C)OC(CCSSSSCCC(OC(C)C)(c1ccccc1)c1ccccc1)(c1ccccc1)c1ccccc1. The van der Waals surface area contributed by atoms with Gasteiger partial charge in [-0.1, -0.05) is 143 Å². The maximum Gasteiger partial charge on any atom is 0.119 e. The molecule has 6 heteroatoms. The number of hydrogen-bond donors (Lipinski definition) is 0. The van der Waals surface area contributed by atoms with Crippen molar-refractivity contribution in [1.29, 1.82) is 0 Å². The Morgan fingerprint density at radius 3 is 0.952 bits per heavy atom. The molecular weight excluding hydrogens is 593 g/mol.